The summed E-state index contributed by atoms with van der Waals surface area (Å²) >= 11 is 0. The van der Waals surface area contributed by atoms with Crippen LogP contribution in [0.1, 0.15) is 61.1 Å². The maximum Gasteiger partial charge on any atom is 0.197 e. The lowest BCUT2D eigenvalue weighted by Crippen LogP contribution is -2.41. The third-order valence-electron chi connectivity index (χ3n) is 14.4. The summed E-state index contributed by atoms with van der Waals surface area (Å²) in [6, 6.07) is 65.7. The Balaban J connectivity index is 1.07. The lowest BCUT2D eigenvalue weighted by atomic mass is 9.57. The van der Waals surface area contributed by atoms with Gasteiger partial charge in [0.15, 0.2) is 7.28 Å². The van der Waals surface area contributed by atoms with Gasteiger partial charge < -0.3 is 10.2 Å². The van der Waals surface area contributed by atoms with E-state index in [0.29, 0.717) is 0 Å². The Hall–Kier alpha value is -7.10. The van der Waals surface area contributed by atoms with Crippen molar-refractivity contribution < 1.29 is 0 Å². The highest BCUT2D eigenvalue weighted by atomic mass is 15.2. The quantitative estimate of drug-likeness (QED) is 0.174. The van der Waals surface area contributed by atoms with Crippen LogP contribution in [0.25, 0.3) is 55.3 Å². The van der Waals surface area contributed by atoms with E-state index < -0.39 is 0 Å². The number of hydrogen-bond acceptors (Lipinski definition) is 2. The Kier molecular flexibility index (Phi) is 8.19. The Bertz CT molecular complexity index is 3370. The van der Waals surface area contributed by atoms with Crippen molar-refractivity contribution >= 4 is 57.4 Å². The van der Waals surface area contributed by atoms with Crippen molar-refractivity contribution in [1.82, 2.24) is 0 Å². The van der Waals surface area contributed by atoms with Crippen molar-refractivity contribution in [3.05, 3.63) is 209 Å². The highest BCUT2D eigenvalue weighted by Crippen LogP contribution is 2.52. The van der Waals surface area contributed by atoms with Gasteiger partial charge in [0.2, 0.25) is 0 Å². The summed E-state index contributed by atoms with van der Waals surface area (Å²) in [5, 5.41) is 6.45. The number of rotatable bonds is 5. The molecule has 3 aliphatic rings. The fourth-order valence-corrected chi connectivity index (χ4v) is 11.2. The lowest BCUT2D eigenvalue weighted by Gasteiger charge is -2.37. The minimum absolute atomic E-state index is 0.0497. The van der Waals surface area contributed by atoms with Crippen LogP contribution in [0.5, 0.6) is 0 Å². The zero-order chi connectivity index (χ0) is 42.8. The molecule has 0 aromatic heterocycles. The Labute approximate surface area is 372 Å². The highest BCUT2D eigenvalue weighted by molar-refractivity contribution is 6.73. The topological polar surface area (TPSA) is 15.3 Å². The molecular formula is C60H48BN2. The molecule has 0 bridgehead atoms. The fraction of sp³-hybridized carbons (Fsp3) is 0.133. The van der Waals surface area contributed by atoms with E-state index in [9.17, 15) is 0 Å². The second kappa shape index (κ2) is 13.7. The fourth-order valence-electron chi connectivity index (χ4n) is 11.2. The van der Waals surface area contributed by atoms with Crippen molar-refractivity contribution in [2.24, 2.45) is 0 Å². The van der Waals surface area contributed by atoms with E-state index in [1.54, 1.807) is 0 Å². The second-order valence-electron chi connectivity index (χ2n) is 19.0. The number of benzene rings is 9. The lowest BCUT2D eigenvalue weighted by molar-refractivity contribution is 0.660. The molecule has 9 aromatic carbocycles. The summed E-state index contributed by atoms with van der Waals surface area (Å²) in [5.41, 5.74) is 26.2. The smallest absolute Gasteiger partial charge is 0.197 e. The molecule has 2 nitrogen and oxygen atoms in total. The van der Waals surface area contributed by atoms with Gasteiger partial charge in [0.1, 0.15) is 0 Å². The molecule has 63 heavy (non-hydrogen) atoms. The van der Waals surface area contributed by atoms with Gasteiger partial charge in [-0.15, -0.1) is 0 Å². The number of nitrogens with zero attached hydrogens (tertiary/aromatic N) is 1. The molecule has 0 saturated heterocycles. The summed E-state index contributed by atoms with van der Waals surface area (Å²) in [6.07, 6.45) is 0. The van der Waals surface area contributed by atoms with E-state index in [4.69, 9.17) is 0 Å². The monoisotopic (exact) mass is 807 g/mol. The van der Waals surface area contributed by atoms with E-state index in [1.807, 2.05) is 0 Å². The van der Waals surface area contributed by atoms with Crippen LogP contribution in [0.4, 0.5) is 28.4 Å². The molecule has 1 N–H and O–H groups in total. The summed E-state index contributed by atoms with van der Waals surface area (Å²) in [7, 11) is 2.46. The zero-order valence-corrected chi connectivity index (χ0v) is 36.8. The average Bonchev–Trinajstić information content (AvgIpc) is 3.66. The number of fused-ring (bicyclic) bond motifs is 9. The van der Waals surface area contributed by atoms with Crippen LogP contribution >= 0.6 is 0 Å². The SMILES string of the molecule is Cc1cc(-c2ccc3ccccc3c2Nc2ccc3c(c2)-c2ccccc2C3(C)C)c2c(c1)N(c1ccc(-c3ccccc3)cc1C)c1cc3c(cc1[B]2)-c1ccccc1C3(C)C. The van der Waals surface area contributed by atoms with E-state index in [2.05, 4.69) is 235 Å². The molecule has 9 aromatic rings. The third-order valence-corrected chi connectivity index (χ3v) is 14.4. The molecule has 301 valence electrons. The first-order valence-electron chi connectivity index (χ1n) is 22.3. The largest absolute Gasteiger partial charge is 0.354 e. The van der Waals surface area contributed by atoms with Crippen LogP contribution in [0.15, 0.2) is 176 Å². The third kappa shape index (κ3) is 5.65. The van der Waals surface area contributed by atoms with Crippen LogP contribution in [-0.4, -0.2) is 7.28 Å². The second-order valence-corrected chi connectivity index (χ2v) is 19.0. The van der Waals surface area contributed by atoms with Crippen molar-refractivity contribution in [2.75, 3.05) is 10.2 Å². The number of nitrogens with one attached hydrogen (secondary N) is 1. The summed E-state index contributed by atoms with van der Waals surface area (Å²) in [6.45, 7) is 14.0. The van der Waals surface area contributed by atoms with E-state index >= 15 is 0 Å². The van der Waals surface area contributed by atoms with Gasteiger partial charge in [0.05, 0.1) is 5.69 Å². The van der Waals surface area contributed by atoms with Crippen LogP contribution < -0.4 is 21.1 Å². The average molecular weight is 808 g/mol. The Morgan fingerprint density at radius 3 is 1.87 bits per heavy atom. The van der Waals surface area contributed by atoms with Gasteiger partial charge >= 0.3 is 0 Å². The summed E-state index contributed by atoms with van der Waals surface area (Å²) in [4.78, 5) is 2.55. The van der Waals surface area contributed by atoms with Crippen LogP contribution in [0.3, 0.4) is 0 Å². The molecule has 0 saturated carbocycles. The molecule has 2 aliphatic carbocycles. The predicted octanol–water partition coefficient (Wildman–Crippen LogP) is 14.6. The van der Waals surface area contributed by atoms with Crippen molar-refractivity contribution in [3.63, 3.8) is 0 Å². The van der Waals surface area contributed by atoms with E-state index in [-0.39, 0.29) is 10.8 Å². The van der Waals surface area contributed by atoms with E-state index in [0.717, 1.165) is 11.4 Å². The molecule has 3 heteroatoms. The number of anilines is 5. The summed E-state index contributed by atoms with van der Waals surface area (Å²) in [5.74, 6) is 0. The molecule has 0 spiro atoms. The Morgan fingerprint density at radius 1 is 0.444 bits per heavy atom. The minimum atomic E-state index is -0.127. The van der Waals surface area contributed by atoms with Gasteiger partial charge in [-0.05, 0) is 133 Å². The predicted molar refractivity (Wildman–Crippen MR) is 269 cm³/mol. The van der Waals surface area contributed by atoms with Crippen LogP contribution in [0.2, 0.25) is 0 Å². The van der Waals surface area contributed by atoms with Crippen molar-refractivity contribution in [1.29, 1.82) is 0 Å². The maximum atomic E-state index is 4.05. The zero-order valence-electron chi connectivity index (χ0n) is 36.8. The molecule has 1 radical (unpaired) electrons. The van der Waals surface area contributed by atoms with Gasteiger partial charge in [-0.1, -0.05) is 173 Å². The van der Waals surface area contributed by atoms with Gasteiger partial charge in [-0.25, -0.2) is 0 Å². The van der Waals surface area contributed by atoms with Gasteiger partial charge in [0.25, 0.3) is 0 Å². The molecule has 1 aliphatic heterocycles. The molecule has 1 heterocycles. The molecular weight excluding hydrogens is 759 g/mol. The van der Waals surface area contributed by atoms with Gasteiger partial charge in [-0.3, -0.25) is 0 Å². The first-order valence-corrected chi connectivity index (χ1v) is 22.3. The molecule has 0 amide bonds. The molecule has 0 unspecified atom stereocenters. The summed E-state index contributed by atoms with van der Waals surface area (Å²) < 4.78 is 0. The molecule has 12 rings (SSSR count). The van der Waals surface area contributed by atoms with Gasteiger partial charge in [0, 0.05) is 44.5 Å². The van der Waals surface area contributed by atoms with E-state index in [1.165, 1.54) is 117 Å². The maximum absolute atomic E-state index is 4.05. The first-order chi connectivity index (χ1) is 30.6. The van der Waals surface area contributed by atoms with Gasteiger partial charge in [-0.2, -0.15) is 0 Å². The van der Waals surface area contributed by atoms with Crippen molar-refractivity contribution in [2.45, 2.75) is 52.4 Å². The Morgan fingerprint density at radius 2 is 1.11 bits per heavy atom. The minimum Gasteiger partial charge on any atom is -0.354 e. The number of aryl methyl sites for hydroxylation is 2. The standard InChI is InChI=1S/C60H48BN2/c1-36-30-48(45-27-24-39-18-10-11-19-42(39)58(45)62-41-26-28-51-46(33-41)43-20-12-14-22-49(43)59(51,3)4)57-56(31-36)63(54-29-25-40(32-37(54)2)38-16-8-7-9-17-38)55-35-52-47(34-53(55)61-57)44-21-13-15-23-50(44)60(52,5)6/h7-35,62H,1-6H3. The first kappa shape index (κ1) is 37.6. The molecule has 0 atom stereocenters. The van der Waals surface area contributed by atoms with Crippen LogP contribution in [0, 0.1) is 13.8 Å². The van der Waals surface area contributed by atoms with Crippen molar-refractivity contribution in [3.8, 4) is 44.5 Å². The molecule has 0 fully saturated rings. The van der Waals surface area contributed by atoms with Crippen LogP contribution in [-0.2, 0) is 10.8 Å². The normalized spacial score (nSPS) is 14.5. The number of hydrogen-bond donors (Lipinski definition) is 1. The highest BCUT2D eigenvalue weighted by Gasteiger charge is 2.39.